The lowest BCUT2D eigenvalue weighted by atomic mass is 10.0. The number of fused-ring (bicyclic) bond motifs is 1. The Bertz CT molecular complexity index is 1260. The normalized spacial score (nSPS) is 20.7. The van der Waals surface area contributed by atoms with Crippen LogP contribution in [0, 0.1) is 11.8 Å². The zero-order chi connectivity index (χ0) is 23.9. The lowest BCUT2D eigenvalue weighted by Gasteiger charge is -2.22. The largest absolute Gasteiger partial charge is 0.414 e. The van der Waals surface area contributed by atoms with Gasteiger partial charge in [0, 0.05) is 38.3 Å². The molecule has 2 aliphatic rings. The van der Waals surface area contributed by atoms with E-state index in [0.29, 0.717) is 43.6 Å². The fourth-order valence-electron chi connectivity index (χ4n) is 4.65. The highest BCUT2D eigenvalue weighted by Gasteiger charge is 2.43. The number of nitrogen functional groups attached to an aromatic ring is 1. The first kappa shape index (κ1) is 22.7. The molecule has 0 spiro atoms. The summed E-state index contributed by atoms with van der Waals surface area (Å²) in [5, 5.41) is 11.4. The van der Waals surface area contributed by atoms with Crippen molar-refractivity contribution in [1.82, 2.24) is 29.8 Å². The molecular weight excluding hydrogens is 456 g/mol. The van der Waals surface area contributed by atoms with Crippen molar-refractivity contribution in [1.29, 1.82) is 0 Å². The van der Waals surface area contributed by atoms with Crippen LogP contribution >= 0.6 is 0 Å². The van der Waals surface area contributed by atoms with Gasteiger partial charge in [0.1, 0.15) is 5.82 Å². The number of anilines is 2. The Morgan fingerprint density at radius 2 is 1.76 bits per heavy atom. The van der Waals surface area contributed by atoms with E-state index in [4.69, 9.17) is 10.2 Å². The van der Waals surface area contributed by atoms with Gasteiger partial charge < -0.3 is 20.4 Å². The minimum Gasteiger partial charge on any atom is -0.414 e. The number of benzene rings is 1. The minimum absolute atomic E-state index is 0.134. The number of aromatic nitrogens is 4. The Morgan fingerprint density at radius 1 is 1.09 bits per heavy atom. The zero-order valence-electron chi connectivity index (χ0n) is 19.2. The molecule has 1 aromatic carbocycles. The maximum absolute atomic E-state index is 12.2. The third-order valence-corrected chi connectivity index (χ3v) is 8.35. The second kappa shape index (κ2) is 8.93. The molecule has 0 bridgehead atoms. The smallest absolute Gasteiger partial charge is 0.270 e. The molecule has 2 saturated heterocycles. The fourth-order valence-corrected chi connectivity index (χ4v) is 5.85. The fraction of sp³-hybridized carbons (Fsp3) is 0.455. The summed E-state index contributed by atoms with van der Waals surface area (Å²) in [6, 6.07) is 7.87. The minimum atomic E-state index is -3.16. The number of rotatable bonds is 7. The zero-order valence-corrected chi connectivity index (χ0v) is 20.0. The van der Waals surface area contributed by atoms with Crippen molar-refractivity contribution in [3.05, 3.63) is 36.0 Å². The van der Waals surface area contributed by atoms with Gasteiger partial charge in [0.25, 0.3) is 5.89 Å². The number of hydrogen-bond acceptors (Lipinski definition) is 10. The highest BCUT2D eigenvalue weighted by Crippen LogP contribution is 2.35. The Balaban J connectivity index is 1.33. The average molecular weight is 485 g/mol. The Labute approximate surface area is 198 Å². The van der Waals surface area contributed by atoms with Gasteiger partial charge >= 0.3 is 0 Å². The molecule has 2 atom stereocenters. The number of sulfonamides is 1. The molecule has 5 rings (SSSR count). The van der Waals surface area contributed by atoms with E-state index in [1.807, 2.05) is 31.3 Å². The van der Waals surface area contributed by atoms with Gasteiger partial charge in [-0.15, -0.1) is 10.2 Å². The monoisotopic (exact) mass is 484 g/mol. The van der Waals surface area contributed by atoms with E-state index in [0.717, 1.165) is 17.7 Å². The topological polar surface area (TPSA) is 143 Å². The van der Waals surface area contributed by atoms with Crippen molar-refractivity contribution in [3.63, 3.8) is 0 Å². The van der Waals surface area contributed by atoms with Gasteiger partial charge in [-0.3, -0.25) is 0 Å². The van der Waals surface area contributed by atoms with E-state index >= 15 is 0 Å². The van der Waals surface area contributed by atoms with E-state index < -0.39 is 10.0 Å². The van der Waals surface area contributed by atoms with Crippen LogP contribution in [0.25, 0.3) is 23.0 Å². The number of nitrogens with zero attached hydrogens (tertiary/aromatic N) is 6. The molecule has 0 amide bonds. The Hall–Kier alpha value is -3.09. The molecular formula is C22H28N8O3S. The van der Waals surface area contributed by atoms with Gasteiger partial charge in [-0.05, 0) is 43.5 Å². The number of nitrogens with one attached hydrogen (secondary N) is 1. The summed E-state index contributed by atoms with van der Waals surface area (Å²) in [5.41, 5.74) is 8.40. The molecule has 34 heavy (non-hydrogen) atoms. The molecule has 2 unspecified atom stereocenters. The van der Waals surface area contributed by atoms with Gasteiger partial charge in [0.05, 0.1) is 11.9 Å². The van der Waals surface area contributed by atoms with Crippen LogP contribution in [0.2, 0.25) is 0 Å². The molecule has 3 N–H and O–H groups in total. The number of hydrogen-bond donors (Lipinski definition) is 2. The predicted octanol–water partition coefficient (Wildman–Crippen LogP) is 1.21. The quantitative estimate of drug-likeness (QED) is 0.502. The summed E-state index contributed by atoms with van der Waals surface area (Å²) in [4.78, 5) is 11.1. The second-order valence-electron chi connectivity index (χ2n) is 8.74. The average Bonchev–Trinajstić information content (AvgIpc) is 3.56. The number of nitrogens with two attached hydrogens (primary N) is 1. The van der Waals surface area contributed by atoms with E-state index in [-0.39, 0.29) is 29.3 Å². The van der Waals surface area contributed by atoms with Gasteiger partial charge in [0.2, 0.25) is 15.9 Å². The van der Waals surface area contributed by atoms with Crippen LogP contribution in [0.1, 0.15) is 12.5 Å². The van der Waals surface area contributed by atoms with E-state index in [1.54, 1.807) is 17.4 Å². The molecule has 0 radical (unpaired) electrons. The van der Waals surface area contributed by atoms with Crippen LogP contribution in [0.5, 0.6) is 0 Å². The molecule has 0 saturated carbocycles. The summed E-state index contributed by atoms with van der Waals surface area (Å²) < 4.78 is 31.9. The van der Waals surface area contributed by atoms with E-state index in [2.05, 4.69) is 30.4 Å². The third kappa shape index (κ3) is 4.24. The highest BCUT2D eigenvalue weighted by molar-refractivity contribution is 7.89. The van der Waals surface area contributed by atoms with Crippen LogP contribution in [-0.2, 0) is 16.6 Å². The molecule has 0 aliphatic carbocycles. The van der Waals surface area contributed by atoms with Crippen molar-refractivity contribution in [3.8, 4) is 23.0 Å². The molecule has 2 fully saturated rings. The maximum atomic E-state index is 12.2. The van der Waals surface area contributed by atoms with Crippen molar-refractivity contribution in [2.45, 2.75) is 13.5 Å². The third-order valence-electron chi connectivity index (χ3n) is 6.53. The van der Waals surface area contributed by atoms with E-state index in [9.17, 15) is 8.42 Å². The van der Waals surface area contributed by atoms with Gasteiger partial charge in [-0.1, -0.05) is 12.1 Å². The van der Waals surface area contributed by atoms with Crippen molar-refractivity contribution >= 4 is 21.7 Å². The molecule has 12 heteroatoms. The van der Waals surface area contributed by atoms with Crippen molar-refractivity contribution < 1.29 is 12.8 Å². The van der Waals surface area contributed by atoms with Gasteiger partial charge in [-0.2, -0.15) is 0 Å². The van der Waals surface area contributed by atoms with Crippen LogP contribution in [0.4, 0.5) is 11.6 Å². The van der Waals surface area contributed by atoms with Crippen LogP contribution in [0.15, 0.2) is 34.9 Å². The summed E-state index contributed by atoms with van der Waals surface area (Å²) in [6.07, 6.45) is 1.64. The second-order valence-corrected chi connectivity index (χ2v) is 11.0. The molecule has 3 aromatic rings. The molecule has 11 nitrogen and oxygen atoms in total. The van der Waals surface area contributed by atoms with Crippen LogP contribution in [0.3, 0.4) is 0 Å². The van der Waals surface area contributed by atoms with Crippen LogP contribution < -0.4 is 16.0 Å². The Morgan fingerprint density at radius 3 is 2.41 bits per heavy atom. The predicted molar refractivity (Wildman–Crippen MR) is 128 cm³/mol. The molecule has 180 valence electrons. The molecule has 4 heterocycles. The molecule has 2 aliphatic heterocycles. The first-order valence-electron chi connectivity index (χ1n) is 11.3. The highest BCUT2D eigenvalue weighted by atomic mass is 32.2. The summed E-state index contributed by atoms with van der Waals surface area (Å²) in [6.45, 7) is 4.99. The van der Waals surface area contributed by atoms with Gasteiger partial charge in [0.15, 0.2) is 11.5 Å². The standard InChI is InChI=1S/C22H28N8O3S/c1-3-34(31,32)30-12-16-10-29(11-17(16)13-30)18-9-25-20(23)19(26-18)22-28-27-21(33-22)15-6-4-14(5-7-15)8-24-2/h4-7,9,16-17,24H,3,8,10-13H2,1-2H3,(H2,23,25). The first-order chi connectivity index (χ1) is 16.4. The summed E-state index contributed by atoms with van der Waals surface area (Å²) in [7, 11) is -1.26. The SMILES string of the molecule is CCS(=O)(=O)N1CC2CN(c3cnc(N)c(-c4nnc(-c5ccc(CNC)cc5)o4)n3)CC2C1. The maximum Gasteiger partial charge on any atom is 0.270 e. The van der Waals surface area contributed by atoms with Gasteiger partial charge in [-0.25, -0.2) is 22.7 Å². The lowest BCUT2D eigenvalue weighted by molar-refractivity contribution is 0.454. The lowest BCUT2D eigenvalue weighted by Crippen LogP contribution is -2.34. The van der Waals surface area contributed by atoms with E-state index in [1.165, 1.54) is 0 Å². The van der Waals surface area contributed by atoms with Crippen LogP contribution in [-0.4, -0.2) is 71.9 Å². The van der Waals surface area contributed by atoms with Crippen molar-refractivity contribution in [2.75, 3.05) is 49.6 Å². The Kier molecular flexibility index (Phi) is 5.96. The molecule has 2 aromatic heterocycles. The summed E-state index contributed by atoms with van der Waals surface area (Å²) >= 11 is 0. The first-order valence-corrected chi connectivity index (χ1v) is 12.9. The van der Waals surface area contributed by atoms with Crippen molar-refractivity contribution in [2.24, 2.45) is 11.8 Å². The summed E-state index contributed by atoms with van der Waals surface area (Å²) in [5.74, 6) is 2.14.